The summed E-state index contributed by atoms with van der Waals surface area (Å²) in [5, 5.41) is 13.7. The van der Waals surface area contributed by atoms with Crippen molar-refractivity contribution in [2.24, 2.45) is 17.8 Å². The molecule has 3 saturated heterocycles. The standard InChI is InChI=1S/C37H52BrN3O7/c1-6-9-14-19-40(18-8-3)36(46)33-37-21-27(38)32(48-37)30(31(37)35(45)41(33)26(22-42)20-24(4)5)34(44)39-28(25-15-12-11-13-16-25)23-47-29(43)17-10-7-2/h7-8,11-13,15-16,24,26-28,30-33,42H,2-3,6,9-10,14,17-23H2,1,4-5H3,(H,39,44)/t26-,27?,28+,30-,31+,32-,33-,37+/m1/s1. The number of aliphatic hydroxyl groups is 1. The number of nitrogens with zero attached hydrogens (tertiary/aromatic N) is 2. The molecule has 3 heterocycles. The molecule has 4 rings (SSSR count). The van der Waals surface area contributed by atoms with Crippen LogP contribution in [0, 0.1) is 17.8 Å². The molecule has 3 aliphatic heterocycles. The predicted molar refractivity (Wildman–Crippen MR) is 187 cm³/mol. The number of likely N-dealkylation sites (tertiary alicyclic amines) is 1. The molecule has 48 heavy (non-hydrogen) atoms. The fourth-order valence-electron chi connectivity index (χ4n) is 7.68. The summed E-state index contributed by atoms with van der Waals surface area (Å²) < 4.78 is 12.3. The first kappa shape index (κ1) is 37.8. The molecule has 2 bridgehead atoms. The molecule has 10 nitrogen and oxygen atoms in total. The van der Waals surface area contributed by atoms with E-state index in [1.165, 1.54) is 0 Å². The average molecular weight is 731 g/mol. The molecule has 3 aliphatic rings. The number of amides is 3. The molecular formula is C37H52BrN3O7. The Hall–Kier alpha value is -3.02. The highest BCUT2D eigenvalue weighted by molar-refractivity contribution is 9.09. The lowest BCUT2D eigenvalue weighted by molar-refractivity contribution is -0.151. The summed E-state index contributed by atoms with van der Waals surface area (Å²) in [5.41, 5.74) is -0.517. The lowest BCUT2D eigenvalue weighted by atomic mass is 9.70. The largest absolute Gasteiger partial charge is 0.463 e. The Balaban J connectivity index is 1.70. The van der Waals surface area contributed by atoms with Gasteiger partial charge < -0.3 is 29.7 Å². The van der Waals surface area contributed by atoms with Gasteiger partial charge in [-0.3, -0.25) is 19.2 Å². The quantitative estimate of drug-likeness (QED) is 0.0915. The smallest absolute Gasteiger partial charge is 0.306 e. The zero-order chi connectivity index (χ0) is 35.0. The number of esters is 1. The highest BCUT2D eigenvalue weighted by Gasteiger charge is 2.77. The molecule has 3 fully saturated rings. The van der Waals surface area contributed by atoms with Crippen molar-refractivity contribution in [1.82, 2.24) is 15.1 Å². The number of fused-ring (bicyclic) bond motifs is 1. The van der Waals surface area contributed by atoms with Gasteiger partial charge in [-0.05, 0) is 37.2 Å². The van der Waals surface area contributed by atoms with Crippen LogP contribution in [0.15, 0.2) is 55.6 Å². The predicted octanol–water partition coefficient (Wildman–Crippen LogP) is 4.71. The van der Waals surface area contributed by atoms with Crippen LogP contribution in [0.25, 0.3) is 0 Å². The van der Waals surface area contributed by atoms with Crippen LogP contribution < -0.4 is 5.32 Å². The number of hydrogen-bond acceptors (Lipinski definition) is 7. The highest BCUT2D eigenvalue weighted by atomic mass is 79.9. The molecule has 2 N–H and O–H groups in total. The van der Waals surface area contributed by atoms with Crippen molar-refractivity contribution in [2.45, 2.75) is 100 Å². The van der Waals surface area contributed by atoms with Crippen LogP contribution in [-0.2, 0) is 28.7 Å². The second-order valence-electron chi connectivity index (χ2n) is 13.6. The van der Waals surface area contributed by atoms with Crippen molar-refractivity contribution in [3.05, 3.63) is 61.2 Å². The number of rotatable bonds is 19. The van der Waals surface area contributed by atoms with E-state index in [9.17, 15) is 24.3 Å². The topological polar surface area (TPSA) is 125 Å². The van der Waals surface area contributed by atoms with Gasteiger partial charge in [0.1, 0.15) is 18.2 Å². The molecule has 11 heteroatoms. The average Bonchev–Trinajstić information content (AvgIpc) is 3.67. The van der Waals surface area contributed by atoms with Crippen LogP contribution in [0.1, 0.15) is 77.3 Å². The van der Waals surface area contributed by atoms with Crippen LogP contribution in [0.2, 0.25) is 0 Å². The number of carbonyl (C=O) groups excluding carboxylic acids is 4. The number of allylic oxidation sites excluding steroid dienone is 1. The molecule has 1 spiro atoms. The first-order valence-electron chi connectivity index (χ1n) is 17.3. The summed E-state index contributed by atoms with van der Waals surface area (Å²) >= 11 is 3.75. The number of carbonyl (C=O) groups is 4. The van der Waals surface area contributed by atoms with Crippen molar-refractivity contribution in [1.29, 1.82) is 0 Å². The fourth-order valence-corrected chi connectivity index (χ4v) is 8.62. The van der Waals surface area contributed by atoms with Gasteiger partial charge in [-0.2, -0.15) is 0 Å². The molecule has 1 aromatic carbocycles. The van der Waals surface area contributed by atoms with Gasteiger partial charge in [0.25, 0.3) is 0 Å². The molecule has 0 saturated carbocycles. The SMILES string of the molecule is C=CCCC(=O)OC[C@H](NC(=O)[C@H]1[C@@H]2O[C@@]3(CC2Br)[C@@H]1C(=O)N([C@@H](CO)CC(C)C)[C@@H]3C(=O)N(CC=C)CCCCC)c1ccccc1. The number of nitrogens with one attached hydrogen (secondary N) is 1. The Morgan fingerprint density at radius 1 is 1.21 bits per heavy atom. The summed E-state index contributed by atoms with van der Waals surface area (Å²) in [6.45, 7) is 14.0. The molecule has 0 aromatic heterocycles. The Kier molecular flexibility index (Phi) is 13.4. The molecule has 8 atom stereocenters. The molecule has 0 radical (unpaired) electrons. The van der Waals surface area contributed by atoms with Crippen molar-refractivity contribution in [2.75, 3.05) is 26.3 Å². The monoisotopic (exact) mass is 729 g/mol. The maximum Gasteiger partial charge on any atom is 0.306 e. The van der Waals surface area contributed by atoms with E-state index in [1.54, 1.807) is 22.0 Å². The van der Waals surface area contributed by atoms with Crippen molar-refractivity contribution >= 4 is 39.6 Å². The summed E-state index contributed by atoms with van der Waals surface area (Å²) in [5.74, 6) is -3.13. The van der Waals surface area contributed by atoms with Gasteiger partial charge in [-0.15, -0.1) is 13.2 Å². The minimum atomic E-state index is -1.26. The number of unbranched alkanes of at least 4 members (excludes halogenated alkanes) is 2. The molecule has 1 aromatic rings. The molecule has 3 amide bonds. The van der Waals surface area contributed by atoms with Gasteiger partial charge in [0.15, 0.2) is 0 Å². The van der Waals surface area contributed by atoms with E-state index in [0.717, 1.165) is 24.8 Å². The zero-order valence-corrected chi connectivity index (χ0v) is 30.1. The maximum absolute atomic E-state index is 14.7. The van der Waals surface area contributed by atoms with Crippen LogP contribution >= 0.6 is 15.9 Å². The summed E-state index contributed by atoms with van der Waals surface area (Å²) in [4.78, 5) is 59.1. The van der Waals surface area contributed by atoms with Crippen molar-refractivity contribution in [3.8, 4) is 0 Å². The van der Waals surface area contributed by atoms with Crippen LogP contribution in [0.3, 0.4) is 0 Å². The normalized spacial score (nSPS) is 27.0. The number of hydrogen-bond donors (Lipinski definition) is 2. The third kappa shape index (κ3) is 7.89. The van der Waals surface area contributed by atoms with E-state index in [-0.39, 0.29) is 42.2 Å². The zero-order valence-electron chi connectivity index (χ0n) is 28.5. The first-order valence-corrected chi connectivity index (χ1v) is 18.2. The minimum Gasteiger partial charge on any atom is -0.463 e. The third-order valence-electron chi connectivity index (χ3n) is 9.79. The fraction of sp³-hybridized carbons (Fsp3) is 0.622. The number of benzene rings is 1. The summed E-state index contributed by atoms with van der Waals surface area (Å²) in [6.07, 6.45) is 6.91. The van der Waals surface area contributed by atoms with E-state index in [1.807, 2.05) is 44.2 Å². The lowest BCUT2D eigenvalue weighted by Crippen LogP contribution is -2.59. The summed E-state index contributed by atoms with van der Waals surface area (Å²) in [6, 6.07) is 6.92. The lowest BCUT2D eigenvalue weighted by Gasteiger charge is -2.40. The Labute approximate surface area is 293 Å². The highest BCUT2D eigenvalue weighted by Crippen LogP contribution is 2.60. The number of alkyl halides is 1. The van der Waals surface area contributed by atoms with E-state index < -0.39 is 53.5 Å². The second kappa shape index (κ2) is 17.1. The van der Waals surface area contributed by atoms with Crippen LogP contribution in [-0.4, -0.2) is 93.5 Å². The third-order valence-corrected chi connectivity index (χ3v) is 10.6. The molecular weight excluding hydrogens is 678 g/mol. The van der Waals surface area contributed by atoms with Crippen LogP contribution in [0.4, 0.5) is 0 Å². The van der Waals surface area contributed by atoms with Gasteiger partial charge >= 0.3 is 5.97 Å². The first-order chi connectivity index (χ1) is 23.0. The van der Waals surface area contributed by atoms with E-state index in [2.05, 4.69) is 41.3 Å². The number of ether oxygens (including phenoxy) is 2. The van der Waals surface area contributed by atoms with Gasteiger partial charge in [0, 0.05) is 24.3 Å². The van der Waals surface area contributed by atoms with Crippen molar-refractivity contribution < 1.29 is 33.8 Å². The Morgan fingerprint density at radius 2 is 1.94 bits per heavy atom. The summed E-state index contributed by atoms with van der Waals surface area (Å²) in [7, 11) is 0. The van der Waals surface area contributed by atoms with Gasteiger partial charge in [0.2, 0.25) is 17.7 Å². The minimum absolute atomic E-state index is 0.0893. The second-order valence-corrected chi connectivity index (χ2v) is 14.8. The Bertz CT molecular complexity index is 1310. The van der Waals surface area contributed by atoms with E-state index >= 15 is 0 Å². The van der Waals surface area contributed by atoms with Gasteiger partial charge in [0.05, 0.1) is 36.6 Å². The van der Waals surface area contributed by atoms with Gasteiger partial charge in [-0.1, -0.05) is 92.0 Å². The number of aliphatic hydroxyl groups excluding tert-OH is 1. The maximum atomic E-state index is 14.7. The number of halogens is 1. The molecule has 1 unspecified atom stereocenters. The van der Waals surface area contributed by atoms with E-state index in [4.69, 9.17) is 9.47 Å². The Morgan fingerprint density at radius 3 is 2.56 bits per heavy atom. The van der Waals surface area contributed by atoms with Gasteiger partial charge in [-0.25, -0.2) is 0 Å². The van der Waals surface area contributed by atoms with Crippen LogP contribution in [0.5, 0.6) is 0 Å². The molecule has 0 aliphatic carbocycles. The van der Waals surface area contributed by atoms with Crippen molar-refractivity contribution in [3.63, 3.8) is 0 Å². The molecule has 264 valence electrons. The van der Waals surface area contributed by atoms with E-state index in [0.29, 0.717) is 32.4 Å².